The van der Waals surface area contributed by atoms with Gasteiger partial charge in [0.05, 0.1) is 41.5 Å². The molecule has 0 spiro atoms. The van der Waals surface area contributed by atoms with Gasteiger partial charge in [-0.05, 0) is 61.2 Å². The van der Waals surface area contributed by atoms with Crippen LogP contribution < -0.4 is 5.56 Å². The third kappa shape index (κ3) is 3.26. The molecule has 0 aliphatic carbocycles. The quantitative estimate of drug-likeness (QED) is 0.530. The maximum atomic E-state index is 13.4. The number of aryl methyl sites for hydroxylation is 1. The van der Waals surface area contributed by atoms with Crippen LogP contribution in [0.5, 0.6) is 0 Å². The van der Waals surface area contributed by atoms with Crippen LogP contribution in [0.1, 0.15) is 29.3 Å². The third-order valence-corrected chi connectivity index (χ3v) is 5.72. The van der Waals surface area contributed by atoms with Gasteiger partial charge in [0.1, 0.15) is 0 Å². The van der Waals surface area contributed by atoms with E-state index in [2.05, 4.69) is 15.0 Å². The van der Waals surface area contributed by atoms with Gasteiger partial charge in [-0.1, -0.05) is 0 Å². The summed E-state index contributed by atoms with van der Waals surface area (Å²) in [5, 5.41) is 11.8. The van der Waals surface area contributed by atoms with Gasteiger partial charge in [0, 0.05) is 30.1 Å². The van der Waals surface area contributed by atoms with Gasteiger partial charge in [-0.25, -0.2) is 4.98 Å². The number of rotatable bonds is 3. The summed E-state index contributed by atoms with van der Waals surface area (Å²) in [6.45, 7) is 2.76. The van der Waals surface area contributed by atoms with Crippen LogP contribution in [-0.2, 0) is 11.2 Å². The van der Waals surface area contributed by atoms with Crippen LogP contribution in [0.3, 0.4) is 0 Å². The van der Waals surface area contributed by atoms with Crippen LogP contribution in [-0.4, -0.2) is 43.9 Å². The first kappa shape index (κ1) is 18.8. The second-order valence-corrected chi connectivity index (χ2v) is 7.77. The molecule has 0 bridgehead atoms. The lowest BCUT2D eigenvalue weighted by atomic mass is 9.99. The molecule has 0 unspecified atom stereocenters. The summed E-state index contributed by atoms with van der Waals surface area (Å²) in [6.07, 6.45) is 5.58. The van der Waals surface area contributed by atoms with E-state index in [1.165, 1.54) is 10.9 Å². The van der Waals surface area contributed by atoms with Gasteiger partial charge in [0.2, 0.25) is 0 Å². The Bertz CT molecular complexity index is 1300. The summed E-state index contributed by atoms with van der Waals surface area (Å²) in [4.78, 5) is 26.8. The standard InChI is InChI=1S/C23H22N4O3/c1-14-9-15(4-7-24-14)10-16-11-18-22(17-3-2-6-25-21(16)17)26-13-27(23(18)29)19-12-30-8-5-20(19)28/h2-4,6-7,9,11,13,19-20,28H,5,8,10,12H2,1H3/t19-,20-/m0/s1. The molecular formula is C23H22N4O3. The SMILES string of the molecule is Cc1cc(Cc2cc3c(=O)n([C@H]4COCC[C@@H]4O)cnc3c3cccnc23)ccn1. The van der Waals surface area contributed by atoms with E-state index in [4.69, 9.17) is 4.74 Å². The molecule has 1 aliphatic rings. The van der Waals surface area contributed by atoms with E-state index >= 15 is 0 Å². The Morgan fingerprint density at radius 1 is 1.13 bits per heavy atom. The van der Waals surface area contributed by atoms with Crippen molar-refractivity contribution in [2.24, 2.45) is 0 Å². The Balaban J connectivity index is 1.71. The minimum atomic E-state index is -0.628. The Morgan fingerprint density at radius 2 is 2.03 bits per heavy atom. The summed E-state index contributed by atoms with van der Waals surface area (Å²) >= 11 is 0. The van der Waals surface area contributed by atoms with Crippen LogP contribution in [0.2, 0.25) is 0 Å². The fourth-order valence-corrected chi connectivity index (χ4v) is 4.20. The van der Waals surface area contributed by atoms with Crippen LogP contribution in [0.4, 0.5) is 0 Å². The number of hydrogen-bond acceptors (Lipinski definition) is 6. The molecule has 1 saturated heterocycles. The number of aliphatic hydroxyl groups excluding tert-OH is 1. The molecule has 1 N–H and O–H groups in total. The van der Waals surface area contributed by atoms with Crippen molar-refractivity contribution in [1.29, 1.82) is 0 Å². The predicted molar refractivity (Wildman–Crippen MR) is 114 cm³/mol. The normalized spacial score (nSPS) is 19.4. The molecule has 4 heterocycles. The van der Waals surface area contributed by atoms with Crippen molar-refractivity contribution in [1.82, 2.24) is 19.5 Å². The molecule has 7 nitrogen and oxygen atoms in total. The highest BCUT2D eigenvalue weighted by atomic mass is 16.5. The summed E-state index contributed by atoms with van der Waals surface area (Å²) in [5.41, 5.74) is 4.30. The zero-order valence-corrected chi connectivity index (χ0v) is 16.7. The zero-order valence-electron chi connectivity index (χ0n) is 16.7. The van der Waals surface area contributed by atoms with E-state index in [-0.39, 0.29) is 5.56 Å². The summed E-state index contributed by atoms with van der Waals surface area (Å²) in [6, 6.07) is 9.27. The van der Waals surface area contributed by atoms with Crippen LogP contribution >= 0.6 is 0 Å². The molecule has 4 aromatic rings. The lowest BCUT2D eigenvalue weighted by molar-refractivity contribution is -0.0303. The first-order valence-corrected chi connectivity index (χ1v) is 10.1. The molecule has 1 aliphatic heterocycles. The first-order chi connectivity index (χ1) is 14.6. The Morgan fingerprint density at radius 3 is 2.87 bits per heavy atom. The molecule has 2 atom stereocenters. The maximum absolute atomic E-state index is 13.4. The molecular weight excluding hydrogens is 380 g/mol. The fraction of sp³-hybridized carbons (Fsp3) is 0.304. The zero-order chi connectivity index (χ0) is 20.7. The van der Waals surface area contributed by atoms with Crippen LogP contribution in [0, 0.1) is 6.92 Å². The Kier molecular flexibility index (Phi) is 4.77. The van der Waals surface area contributed by atoms with E-state index < -0.39 is 12.1 Å². The number of pyridine rings is 2. The minimum Gasteiger partial charge on any atom is -0.391 e. The molecule has 5 rings (SSSR count). The molecule has 0 radical (unpaired) electrons. The van der Waals surface area contributed by atoms with Gasteiger partial charge >= 0.3 is 0 Å². The van der Waals surface area contributed by atoms with Gasteiger partial charge in [-0.2, -0.15) is 0 Å². The molecule has 0 amide bonds. The van der Waals surface area contributed by atoms with Crippen molar-refractivity contribution in [3.8, 4) is 0 Å². The van der Waals surface area contributed by atoms with E-state index in [9.17, 15) is 9.90 Å². The van der Waals surface area contributed by atoms with Gasteiger partial charge in [0.25, 0.3) is 5.56 Å². The van der Waals surface area contributed by atoms with Crippen molar-refractivity contribution in [3.05, 3.63) is 76.2 Å². The van der Waals surface area contributed by atoms with Crippen LogP contribution in [0.15, 0.2) is 53.8 Å². The molecule has 1 aromatic carbocycles. The van der Waals surface area contributed by atoms with Gasteiger partial charge in [0.15, 0.2) is 0 Å². The Hall–Kier alpha value is -3.16. The average molecular weight is 402 g/mol. The topological polar surface area (TPSA) is 90.1 Å². The van der Waals surface area contributed by atoms with Crippen molar-refractivity contribution in [2.75, 3.05) is 13.2 Å². The molecule has 3 aromatic heterocycles. The number of aromatic nitrogens is 4. The maximum Gasteiger partial charge on any atom is 0.261 e. The summed E-state index contributed by atoms with van der Waals surface area (Å²) < 4.78 is 7.00. The van der Waals surface area contributed by atoms with Gasteiger partial charge in [-0.3, -0.25) is 19.3 Å². The summed E-state index contributed by atoms with van der Waals surface area (Å²) in [7, 11) is 0. The lowest BCUT2D eigenvalue weighted by Gasteiger charge is -2.29. The molecule has 30 heavy (non-hydrogen) atoms. The average Bonchev–Trinajstić information content (AvgIpc) is 2.75. The number of aliphatic hydroxyl groups is 1. The number of fused-ring (bicyclic) bond motifs is 3. The third-order valence-electron chi connectivity index (χ3n) is 5.72. The van der Waals surface area contributed by atoms with Gasteiger partial charge in [-0.15, -0.1) is 0 Å². The monoisotopic (exact) mass is 402 g/mol. The smallest absolute Gasteiger partial charge is 0.261 e. The van der Waals surface area contributed by atoms with Crippen molar-refractivity contribution >= 4 is 21.8 Å². The fourth-order valence-electron chi connectivity index (χ4n) is 4.20. The minimum absolute atomic E-state index is 0.174. The van der Waals surface area contributed by atoms with Crippen molar-refractivity contribution < 1.29 is 9.84 Å². The van der Waals surface area contributed by atoms with E-state index in [1.54, 1.807) is 12.4 Å². The molecule has 152 valence electrons. The van der Waals surface area contributed by atoms with Crippen molar-refractivity contribution in [3.63, 3.8) is 0 Å². The van der Waals surface area contributed by atoms with E-state index in [0.717, 1.165) is 27.7 Å². The summed E-state index contributed by atoms with van der Waals surface area (Å²) in [5.74, 6) is 0. The van der Waals surface area contributed by atoms with E-state index in [1.807, 2.05) is 37.3 Å². The lowest BCUT2D eigenvalue weighted by Crippen LogP contribution is -2.39. The van der Waals surface area contributed by atoms with Gasteiger partial charge < -0.3 is 9.84 Å². The van der Waals surface area contributed by atoms with Crippen LogP contribution in [0.25, 0.3) is 21.8 Å². The first-order valence-electron chi connectivity index (χ1n) is 10.1. The highest BCUT2D eigenvalue weighted by Crippen LogP contribution is 2.27. The predicted octanol–water partition coefficient (Wildman–Crippen LogP) is 2.56. The number of nitrogens with zero attached hydrogens (tertiary/aromatic N) is 4. The van der Waals surface area contributed by atoms with E-state index in [0.29, 0.717) is 37.0 Å². The number of benzene rings is 1. The van der Waals surface area contributed by atoms with Crippen molar-refractivity contribution in [2.45, 2.75) is 31.9 Å². The molecule has 0 saturated carbocycles. The second-order valence-electron chi connectivity index (χ2n) is 7.77. The second kappa shape index (κ2) is 7.59. The number of hydrogen-bond donors (Lipinski definition) is 1. The molecule has 1 fully saturated rings. The Labute approximate surface area is 173 Å². The highest BCUT2D eigenvalue weighted by Gasteiger charge is 2.27. The molecule has 7 heteroatoms. The number of ether oxygens (including phenoxy) is 1. The largest absolute Gasteiger partial charge is 0.391 e. The highest BCUT2D eigenvalue weighted by molar-refractivity contribution is 6.04.